The lowest BCUT2D eigenvalue weighted by atomic mass is 10.00. The van der Waals surface area contributed by atoms with Crippen molar-refractivity contribution in [1.82, 2.24) is 15.2 Å². The summed E-state index contributed by atoms with van der Waals surface area (Å²) >= 11 is 0. The fraction of sp³-hybridized carbons (Fsp3) is 0.360. The number of aryl methyl sites for hydroxylation is 1. The lowest BCUT2D eigenvalue weighted by molar-refractivity contribution is -0.129. The minimum atomic E-state index is -1.63. The molecular weight excluding hydrogens is 471 g/mol. The van der Waals surface area contributed by atoms with Gasteiger partial charge in [-0.2, -0.15) is 5.26 Å². The van der Waals surface area contributed by atoms with Gasteiger partial charge >= 0.3 is 11.8 Å². The molecule has 11 heteroatoms. The summed E-state index contributed by atoms with van der Waals surface area (Å²) in [6, 6.07) is 10.2. The zero-order chi connectivity index (χ0) is 26.6. The van der Waals surface area contributed by atoms with Crippen LogP contribution in [0.1, 0.15) is 26.3 Å². The number of oxazole rings is 1. The number of carbonyl (C=O) groups is 2. The van der Waals surface area contributed by atoms with Gasteiger partial charge in [0.15, 0.2) is 5.58 Å². The van der Waals surface area contributed by atoms with Crippen LogP contribution in [0.15, 0.2) is 45.6 Å². The second kappa shape index (κ2) is 10.6. The lowest BCUT2D eigenvalue weighted by Gasteiger charge is -2.21. The summed E-state index contributed by atoms with van der Waals surface area (Å²) in [4.78, 5) is 35.6. The van der Waals surface area contributed by atoms with E-state index >= 15 is 0 Å². The molecule has 190 valence electrons. The molecule has 0 saturated heterocycles. The van der Waals surface area contributed by atoms with Crippen LogP contribution in [-0.2, 0) is 23.0 Å². The van der Waals surface area contributed by atoms with E-state index in [0.29, 0.717) is 22.2 Å². The summed E-state index contributed by atoms with van der Waals surface area (Å²) in [6.07, 6.45) is -2.58. The maximum atomic E-state index is 14.9. The molecule has 0 radical (unpaired) electrons. The minimum Gasteiger partial charge on any atom is -0.444 e. The van der Waals surface area contributed by atoms with Gasteiger partial charge in [0.2, 0.25) is 0 Å². The summed E-state index contributed by atoms with van der Waals surface area (Å²) in [5.74, 6) is -1.98. The Kier molecular flexibility index (Phi) is 7.80. The summed E-state index contributed by atoms with van der Waals surface area (Å²) in [6.45, 7) is 4.58. The van der Waals surface area contributed by atoms with E-state index in [1.54, 1.807) is 52.1 Å². The molecule has 0 saturated carbocycles. The van der Waals surface area contributed by atoms with Gasteiger partial charge in [0.05, 0.1) is 18.1 Å². The van der Waals surface area contributed by atoms with Gasteiger partial charge in [-0.3, -0.25) is 9.36 Å². The summed E-state index contributed by atoms with van der Waals surface area (Å²) in [5.41, 5.74) is 1.63. The Bertz CT molecular complexity index is 1380. The van der Waals surface area contributed by atoms with Crippen molar-refractivity contribution >= 4 is 23.1 Å². The van der Waals surface area contributed by atoms with Crippen molar-refractivity contribution in [1.29, 1.82) is 5.26 Å². The van der Waals surface area contributed by atoms with Gasteiger partial charge in [0.25, 0.3) is 5.91 Å². The van der Waals surface area contributed by atoms with Crippen LogP contribution in [0.3, 0.4) is 0 Å². The number of rotatable bonds is 7. The quantitative estimate of drug-likeness (QED) is 0.453. The lowest BCUT2D eigenvalue weighted by Crippen LogP contribution is -2.47. The van der Waals surface area contributed by atoms with Gasteiger partial charge in [-0.1, -0.05) is 18.2 Å². The van der Waals surface area contributed by atoms with Crippen molar-refractivity contribution in [2.24, 2.45) is 7.05 Å². The molecule has 1 heterocycles. The molecule has 10 nitrogen and oxygen atoms in total. The first-order valence-electron chi connectivity index (χ1n) is 11.1. The van der Waals surface area contributed by atoms with Gasteiger partial charge in [-0.25, -0.2) is 14.0 Å². The first kappa shape index (κ1) is 26.4. The number of aliphatic hydroxyl groups is 1. The SMILES string of the molecule is Cn1c(=O)oc2ccc(-c3ccc(C[C@@H](C#N)NC(=O)[C@@H](O)CNC(=O)OC(C)(C)C)c(F)c3)cc21. The van der Waals surface area contributed by atoms with Crippen LogP contribution < -0.4 is 16.4 Å². The molecule has 2 amide bonds. The average Bonchev–Trinajstić information content (AvgIpc) is 3.09. The van der Waals surface area contributed by atoms with Crippen molar-refractivity contribution in [2.75, 3.05) is 6.54 Å². The van der Waals surface area contributed by atoms with E-state index in [-0.39, 0.29) is 12.0 Å². The molecule has 36 heavy (non-hydrogen) atoms. The maximum Gasteiger partial charge on any atom is 0.419 e. The Balaban J connectivity index is 1.64. The third-order valence-electron chi connectivity index (χ3n) is 5.22. The Hall–Kier alpha value is -4.17. The van der Waals surface area contributed by atoms with E-state index in [4.69, 9.17) is 9.15 Å². The highest BCUT2D eigenvalue weighted by Crippen LogP contribution is 2.26. The molecule has 1 aromatic heterocycles. The zero-order valence-corrected chi connectivity index (χ0v) is 20.3. The second-order valence-corrected chi connectivity index (χ2v) is 9.21. The van der Waals surface area contributed by atoms with Gasteiger partial charge in [-0.15, -0.1) is 0 Å². The molecular formula is C25H27FN4O6. The van der Waals surface area contributed by atoms with Crippen LogP contribution in [0.2, 0.25) is 0 Å². The molecule has 0 fully saturated rings. The maximum absolute atomic E-state index is 14.9. The smallest absolute Gasteiger partial charge is 0.419 e. The number of nitrogens with zero attached hydrogens (tertiary/aromatic N) is 2. The van der Waals surface area contributed by atoms with Crippen LogP contribution in [-0.4, -0.2) is 46.0 Å². The number of nitriles is 1. The molecule has 0 unspecified atom stereocenters. The van der Waals surface area contributed by atoms with Crippen LogP contribution >= 0.6 is 0 Å². The van der Waals surface area contributed by atoms with E-state index < -0.39 is 47.9 Å². The molecule has 0 aliphatic heterocycles. The van der Waals surface area contributed by atoms with E-state index in [9.17, 15) is 29.1 Å². The fourth-order valence-corrected chi connectivity index (χ4v) is 3.40. The van der Waals surface area contributed by atoms with Gasteiger partial charge in [-0.05, 0) is 55.7 Å². The molecule has 0 aliphatic carbocycles. The highest BCUT2D eigenvalue weighted by atomic mass is 19.1. The Morgan fingerprint density at radius 2 is 1.89 bits per heavy atom. The van der Waals surface area contributed by atoms with E-state index in [1.165, 1.54) is 16.7 Å². The number of halogens is 1. The first-order valence-corrected chi connectivity index (χ1v) is 11.1. The van der Waals surface area contributed by atoms with Gasteiger partial charge in [0.1, 0.15) is 23.6 Å². The van der Waals surface area contributed by atoms with E-state index in [2.05, 4.69) is 10.6 Å². The fourth-order valence-electron chi connectivity index (χ4n) is 3.40. The Labute approximate surface area is 206 Å². The molecule has 3 rings (SSSR count). The first-order chi connectivity index (χ1) is 16.9. The number of hydrogen-bond acceptors (Lipinski definition) is 7. The number of aromatic nitrogens is 1. The Morgan fingerprint density at radius 3 is 2.53 bits per heavy atom. The van der Waals surface area contributed by atoms with Crippen LogP contribution in [0, 0.1) is 17.1 Å². The minimum absolute atomic E-state index is 0.143. The van der Waals surface area contributed by atoms with Gasteiger partial charge < -0.3 is 24.9 Å². The number of ether oxygens (including phenoxy) is 1. The van der Waals surface area contributed by atoms with Crippen molar-refractivity contribution in [3.05, 3.63) is 58.3 Å². The largest absolute Gasteiger partial charge is 0.444 e. The highest BCUT2D eigenvalue weighted by Gasteiger charge is 2.23. The summed E-state index contributed by atoms with van der Waals surface area (Å²) < 4.78 is 26.3. The molecule has 3 aromatic rings. The number of hydrogen-bond donors (Lipinski definition) is 3. The number of alkyl carbamates (subject to hydrolysis) is 1. The number of benzene rings is 2. The molecule has 0 aliphatic rings. The second-order valence-electron chi connectivity index (χ2n) is 9.21. The summed E-state index contributed by atoms with van der Waals surface area (Å²) in [7, 11) is 1.57. The predicted octanol–water partition coefficient (Wildman–Crippen LogP) is 2.37. The normalized spacial score (nSPS) is 13.0. The molecule has 2 atom stereocenters. The Morgan fingerprint density at radius 1 is 1.22 bits per heavy atom. The topological polar surface area (TPSA) is 147 Å². The van der Waals surface area contributed by atoms with Crippen molar-refractivity contribution in [3.8, 4) is 17.2 Å². The third kappa shape index (κ3) is 6.49. The van der Waals surface area contributed by atoms with Crippen molar-refractivity contribution in [3.63, 3.8) is 0 Å². The van der Waals surface area contributed by atoms with Crippen LogP contribution in [0.5, 0.6) is 0 Å². The van der Waals surface area contributed by atoms with Crippen LogP contribution in [0.25, 0.3) is 22.2 Å². The molecule has 2 aromatic carbocycles. The van der Waals surface area contributed by atoms with E-state index in [1.807, 2.05) is 6.07 Å². The zero-order valence-electron chi connectivity index (χ0n) is 20.3. The number of fused-ring (bicyclic) bond motifs is 1. The molecule has 0 spiro atoms. The third-order valence-corrected chi connectivity index (χ3v) is 5.22. The molecule has 3 N–H and O–H groups in total. The van der Waals surface area contributed by atoms with Crippen molar-refractivity contribution in [2.45, 2.75) is 44.9 Å². The number of nitrogens with one attached hydrogen (secondary N) is 2. The number of aliphatic hydroxyl groups excluding tert-OH is 1. The van der Waals surface area contributed by atoms with Crippen LogP contribution in [0.4, 0.5) is 9.18 Å². The number of carbonyl (C=O) groups excluding carboxylic acids is 2. The van der Waals surface area contributed by atoms with E-state index in [0.717, 1.165) is 0 Å². The predicted molar refractivity (Wildman–Crippen MR) is 128 cm³/mol. The monoisotopic (exact) mass is 498 g/mol. The standard InChI is InChI=1S/C25H27FN4O6/c1-25(2,3)36-23(33)28-13-20(31)22(32)29-17(12-27)9-16-6-5-14(10-18(16)26)15-7-8-21-19(11-15)30(4)24(34)35-21/h5-8,10-11,17,20,31H,9,13H2,1-4H3,(H,28,33)(H,29,32)/t17-,20-/m0/s1. The summed E-state index contributed by atoms with van der Waals surface area (Å²) in [5, 5.41) is 24.0. The molecule has 0 bridgehead atoms. The average molecular weight is 499 g/mol. The van der Waals surface area contributed by atoms with Gasteiger partial charge in [0, 0.05) is 13.5 Å². The highest BCUT2D eigenvalue weighted by molar-refractivity contribution is 5.82. The van der Waals surface area contributed by atoms with Crippen molar-refractivity contribution < 1.29 is 28.2 Å². The number of amides is 2.